The van der Waals surface area contributed by atoms with Crippen molar-refractivity contribution in [3.63, 3.8) is 0 Å². The van der Waals surface area contributed by atoms with Crippen LogP contribution in [0.2, 0.25) is 0 Å². The number of anilines is 1. The molecule has 3 aromatic carbocycles. The summed E-state index contributed by atoms with van der Waals surface area (Å²) in [7, 11) is 0. The highest BCUT2D eigenvalue weighted by Gasteiger charge is 2.55. The number of carbonyl (C=O) groups is 3. The Hall–Kier alpha value is -4.33. The minimum atomic E-state index is -1.22. The minimum absolute atomic E-state index is 0.285. The van der Waals surface area contributed by atoms with Crippen molar-refractivity contribution in [1.82, 2.24) is 10.2 Å². The SMILES string of the molecule is O=C(CN1C(=O)NC2(CCOc3ccccc32)C1=O)Nc1ccccc1Oc1ccccc1. The number of hydrogen-bond donors (Lipinski definition) is 2. The van der Waals surface area contributed by atoms with Gasteiger partial charge in [-0.1, -0.05) is 48.5 Å². The quantitative estimate of drug-likeness (QED) is 0.587. The molecule has 2 N–H and O–H groups in total. The van der Waals surface area contributed by atoms with Crippen molar-refractivity contribution in [2.24, 2.45) is 0 Å². The molecule has 0 bridgehead atoms. The van der Waals surface area contributed by atoms with Crippen molar-refractivity contribution >= 4 is 23.5 Å². The van der Waals surface area contributed by atoms with Crippen LogP contribution in [0.25, 0.3) is 0 Å². The Balaban J connectivity index is 1.33. The summed E-state index contributed by atoms with van der Waals surface area (Å²) in [5, 5.41) is 5.54. The maximum absolute atomic E-state index is 13.3. The van der Waals surface area contributed by atoms with Crippen molar-refractivity contribution in [3.05, 3.63) is 84.4 Å². The van der Waals surface area contributed by atoms with E-state index in [2.05, 4.69) is 10.6 Å². The molecule has 4 amide bonds. The molecule has 3 aromatic rings. The second-order valence-electron chi connectivity index (χ2n) is 7.78. The first kappa shape index (κ1) is 20.6. The van der Waals surface area contributed by atoms with E-state index in [9.17, 15) is 14.4 Å². The molecule has 0 aromatic heterocycles. The van der Waals surface area contributed by atoms with E-state index in [1.165, 1.54) is 0 Å². The molecule has 166 valence electrons. The maximum Gasteiger partial charge on any atom is 0.325 e. The molecule has 1 unspecified atom stereocenters. The lowest BCUT2D eigenvalue weighted by molar-refractivity contribution is -0.135. The average Bonchev–Trinajstić information content (AvgIpc) is 3.06. The number of rotatable bonds is 5. The number of ether oxygens (including phenoxy) is 2. The van der Waals surface area contributed by atoms with Gasteiger partial charge in [-0.2, -0.15) is 0 Å². The van der Waals surface area contributed by atoms with Crippen LogP contribution in [-0.2, 0) is 15.1 Å². The van der Waals surface area contributed by atoms with Gasteiger partial charge in [-0.05, 0) is 30.3 Å². The van der Waals surface area contributed by atoms with Gasteiger partial charge in [0.25, 0.3) is 5.91 Å². The fourth-order valence-electron chi connectivity index (χ4n) is 4.12. The van der Waals surface area contributed by atoms with Crippen LogP contribution < -0.4 is 20.1 Å². The fourth-order valence-corrected chi connectivity index (χ4v) is 4.12. The standard InChI is InChI=1S/C25H21N3O5/c29-22(26-19-11-5-7-13-21(19)33-17-8-2-1-3-9-17)16-28-23(30)25(27-24(28)31)14-15-32-20-12-6-4-10-18(20)25/h1-13H,14-16H2,(H,26,29)(H,27,31). The van der Waals surface area contributed by atoms with Gasteiger partial charge >= 0.3 is 6.03 Å². The van der Waals surface area contributed by atoms with Crippen molar-refractivity contribution in [2.75, 3.05) is 18.5 Å². The van der Waals surface area contributed by atoms with Gasteiger partial charge in [0.05, 0.1) is 12.3 Å². The summed E-state index contributed by atoms with van der Waals surface area (Å²) in [6, 6.07) is 22.6. The van der Waals surface area contributed by atoms with Crippen LogP contribution in [0.3, 0.4) is 0 Å². The summed E-state index contributed by atoms with van der Waals surface area (Å²) in [4.78, 5) is 39.8. The highest BCUT2D eigenvalue weighted by Crippen LogP contribution is 2.41. The zero-order valence-electron chi connectivity index (χ0n) is 17.6. The van der Waals surface area contributed by atoms with Gasteiger partial charge in [-0.25, -0.2) is 4.79 Å². The van der Waals surface area contributed by atoms with Gasteiger partial charge in [0.1, 0.15) is 18.0 Å². The first-order valence-corrected chi connectivity index (χ1v) is 10.5. The zero-order chi connectivity index (χ0) is 22.8. The summed E-state index contributed by atoms with van der Waals surface area (Å²) in [5.41, 5.74) is -0.191. The van der Waals surface area contributed by atoms with Gasteiger partial charge in [0.2, 0.25) is 5.91 Å². The number of urea groups is 1. The number of carbonyl (C=O) groups excluding carboxylic acids is 3. The van der Waals surface area contributed by atoms with E-state index in [0.717, 1.165) is 4.90 Å². The molecule has 1 atom stereocenters. The third-order valence-electron chi connectivity index (χ3n) is 5.69. The van der Waals surface area contributed by atoms with E-state index in [1.54, 1.807) is 60.7 Å². The smallest absolute Gasteiger partial charge is 0.325 e. The minimum Gasteiger partial charge on any atom is -0.493 e. The number of para-hydroxylation sites is 4. The predicted octanol–water partition coefficient (Wildman–Crippen LogP) is 3.65. The first-order valence-electron chi connectivity index (χ1n) is 10.5. The van der Waals surface area contributed by atoms with E-state index in [4.69, 9.17) is 9.47 Å². The number of amides is 4. The van der Waals surface area contributed by atoms with Crippen molar-refractivity contribution in [1.29, 1.82) is 0 Å². The number of nitrogens with zero attached hydrogens (tertiary/aromatic N) is 1. The molecule has 1 saturated heterocycles. The van der Waals surface area contributed by atoms with Gasteiger partial charge < -0.3 is 20.1 Å². The Morgan fingerprint density at radius 2 is 1.73 bits per heavy atom. The van der Waals surface area contributed by atoms with Crippen LogP contribution in [-0.4, -0.2) is 35.9 Å². The van der Waals surface area contributed by atoms with E-state index >= 15 is 0 Å². The van der Waals surface area contributed by atoms with Crippen molar-refractivity contribution < 1.29 is 23.9 Å². The summed E-state index contributed by atoms with van der Waals surface area (Å²) < 4.78 is 11.5. The Morgan fingerprint density at radius 1 is 1.00 bits per heavy atom. The summed E-state index contributed by atoms with van der Waals surface area (Å²) in [5.74, 6) is 0.639. The lowest BCUT2D eigenvalue weighted by Crippen LogP contribution is -2.48. The van der Waals surface area contributed by atoms with Crippen LogP contribution in [0, 0.1) is 0 Å². The first-order chi connectivity index (χ1) is 16.1. The van der Waals surface area contributed by atoms with Crippen LogP contribution in [0.5, 0.6) is 17.2 Å². The van der Waals surface area contributed by atoms with Crippen LogP contribution >= 0.6 is 0 Å². The van der Waals surface area contributed by atoms with Gasteiger partial charge in [0, 0.05) is 12.0 Å². The zero-order valence-corrected chi connectivity index (χ0v) is 17.6. The van der Waals surface area contributed by atoms with Gasteiger partial charge in [-0.3, -0.25) is 14.5 Å². The Morgan fingerprint density at radius 3 is 2.58 bits per heavy atom. The van der Waals surface area contributed by atoms with E-state index in [1.807, 2.05) is 18.2 Å². The molecule has 0 saturated carbocycles. The van der Waals surface area contributed by atoms with Crippen molar-refractivity contribution in [3.8, 4) is 17.2 Å². The molecule has 0 aliphatic carbocycles. The Labute approximate surface area is 190 Å². The molecule has 0 radical (unpaired) electrons. The normalized spacial score (nSPS) is 19.0. The van der Waals surface area contributed by atoms with Gasteiger partial charge in [0.15, 0.2) is 11.3 Å². The summed E-state index contributed by atoms with van der Waals surface area (Å²) in [6.45, 7) is -0.137. The Kier molecular flexibility index (Phi) is 5.18. The Bertz CT molecular complexity index is 1230. The lowest BCUT2D eigenvalue weighted by Gasteiger charge is -2.33. The molecular formula is C25H21N3O5. The van der Waals surface area contributed by atoms with E-state index < -0.39 is 29.9 Å². The molecule has 2 aliphatic rings. The number of hydrogen-bond acceptors (Lipinski definition) is 5. The van der Waals surface area contributed by atoms with E-state index in [0.29, 0.717) is 34.9 Å². The van der Waals surface area contributed by atoms with Crippen LogP contribution in [0.15, 0.2) is 78.9 Å². The lowest BCUT2D eigenvalue weighted by atomic mass is 9.84. The number of imide groups is 1. The maximum atomic E-state index is 13.3. The van der Waals surface area contributed by atoms with Crippen molar-refractivity contribution in [2.45, 2.75) is 12.0 Å². The third-order valence-corrected chi connectivity index (χ3v) is 5.69. The predicted molar refractivity (Wildman–Crippen MR) is 120 cm³/mol. The topological polar surface area (TPSA) is 97.0 Å². The second-order valence-corrected chi connectivity index (χ2v) is 7.78. The van der Waals surface area contributed by atoms with E-state index in [-0.39, 0.29) is 6.61 Å². The molecule has 2 heterocycles. The second kappa shape index (κ2) is 8.31. The monoisotopic (exact) mass is 443 g/mol. The fraction of sp³-hybridized carbons (Fsp3) is 0.160. The molecule has 8 nitrogen and oxygen atoms in total. The molecule has 8 heteroatoms. The number of benzene rings is 3. The highest BCUT2D eigenvalue weighted by molar-refractivity contribution is 6.11. The summed E-state index contributed by atoms with van der Waals surface area (Å²) in [6.07, 6.45) is 0.292. The third kappa shape index (κ3) is 3.76. The van der Waals surface area contributed by atoms with Gasteiger partial charge in [-0.15, -0.1) is 0 Å². The number of fused-ring (bicyclic) bond motifs is 2. The molecule has 1 spiro atoms. The molecular weight excluding hydrogens is 422 g/mol. The average molecular weight is 443 g/mol. The molecule has 33 heavy (non-hydrogen) atoms. The number of nitrogens with one attached hydrogen (secondary N) is 2. The molecule has 1 fully saturated rings. The molecule has 5 rings (SSSR count). The van der Waals surface area contributed by atoms with Crippen LogP contribution in [0.4, 0.5) is 10.5 Å². The van der Waals surface area contributed by atoms with Crippen LogP contribution in [0.1, 0.15) is 12.0 Å². The highest BCUT2D eigenvalue weighted by atomic mass is 16.5. The summed E-state index contributed by atoms with van der Waals surface area (Å²) >= 11 is 0. The largest absolute Gasteiger partial charge is 0.493 e. The molecule has 2 aliphatic heterocycles.